The number of hydrogen-bond donors (Lipinski definition) is 0. The van der Waals surface area contributed by atoms with Gasteiger partial charge < -0.3 is 9.32 Å². The Kier molecular flexibility index (Phi) is 6.42. The summed E-state index contributed by atoms with van der Waals surface area (Å²) >= 11 is 0. The number of carbonyl (C=O) groups is 1. The van der Waals surface area contributed by atoms with Crippen molar-refractivity contribution in [3.63, 3.8) is 0 Å². The molecule has 8 heteroatoms. The van der Waals surface area contributed by atoms with Crippen molar-refractivity contribution in [1.29, 1.82) is 0 Å². The van der Waals surface area contributed by atoms with E-state index in [4.69, 9.17) is 4.42 Å². The summed E-state index contributed by atoms with van der Waals surface area (Å²) in [4.78, 5) is 14.7. The van der Waals surface area contributed by atoms with Crippen molar-refractivity contribution < 1.29 is 17.6 Å². The number of amides is 1. The van der Waals surface area contributed by atoms with Crippen molar-refractivity contribution >= 4 is 27.1 Å². The molecule has 2 heterocycles. The molecule has 2 aliphatic rings. The second-order valence-electron chi connectivity index (χ2n) is 8.92. The van der Waals surface area contributed by atoms with Gasteiger partial charge in [0.25, 0.3) is 10.2 Å². The normalized spacial score (nSPS) is 19.4. The van der Waals surface area contributed by atoms with E-state index in [1.807, 2.05) is 26.0 Å². The van der Waals surface area contributed by atoms with Crippen molar-refractivity contribution in [2.75, 3.05) is 33.2 Å². The standard InChI is InChI=1S/C23H33N3O4S/c1-17-9-10-21-19(16-30-23(21)18(17)2)15-22(27)25-11-13-26(14-12-25)31(28,29)24(3)20-7-5-4-6-8-20/h9-10,16,20H,4-8,11-15H2,1-3H3. The van der Waals surface area contributed by atoms with Crippen LogP contribution in [0.5, 0.6) is 0 Å². The summed E-state index contributed by atoms with van der Waals surface area (Å²) in [7, 11) is -1.78. The monoisotopic (exact) mass is 447 g/mol. The van der Waals surface area contributed by atoms with Crippen LogP contribution >= 0.6 is 0 Å². The van der Waals surface area contributed by atoms with Crippen LogP contribution in [0.2, 0.25) is 0 Å². The zero-order valence-electron chi connectivity index (χ0n) is 18.8. The maximum Gasteiger partial charge on any atom is 0.282 e. The first-order valence-corrected chi connectivity index (χ1v) is 12.7. The van der Waals surface area contributed by atoms with E-state index in [0.717, 1.165) is 53.3 Å². The molecular weight excluding hydrogens is 414 g/mol. The van der Waals surface area contributed by atoms with Gasteiger partial charge in [-0.1, -0.05) is 31.4 Å². The largest absolute Gasteiger partial charge is 0.464 e. The molecule has 0 radical (unpaired) electrons. The van der Waals surface area contributed by atoms with Crippen molar-refractivity contribution in [2.24, 2.45) is 0 Å². The van der Waals surface area contributed by atoms with Gasteiger partial charge in [0.05, 0.1) is 12.7 Å². The lowest BCUT2D eigenvalue weighted by Crippen LogP contribution is -2.55. The van der Waals surface area contributed by atoms with Gasteiger partial charge in [-0.25, -0.2) is 0 Å². The second-order valence-corrected chi connectivity index (χ2v) is 10.9. The Balaban J connectivity index is 1.37. The minimum absolute atomic E-state index is 0.0126. The van der Waals surface area contributed by atoms with Crippen LogP contribution in [0.3, 0.4) is 0 Å². The lowest BCUT2D eigenvalue weighted by Gasteiger charge is -2.38. The quantitative estimate of drug-likeness (QED) is 0.705. The minimum atomic E-state index is -3.48. The maximum atomic E-state index is 13.1. The number of nitrogens with zero attached hydrogens (tertiary/aromatic N) is 3. The predicted molar refractivity (Wildman–Crippen MR) is 121 cm³/mol. The fraction of sp³-hybridized carbons (Fsp3) is 0.609. The summed E-state index contributed by atoms with van der Waals surface area (Å²) in [6.07, 6.45) is 7.19. The van der Waals surface area contributed by atoms with Gasteiger partial charge in [0.15, 0.2) is 0 Å². The van der Waals surface area contributed by atoms with Crippen LogP contribution in [0.1, 0.15) is 48.8 Å². The molecule has 0 bridgehead atoms. The second kappa shape index (κ2) is 8.92. The van der Waals surface area contributed by atoms with Crippen LogP contribution in [0, 0.1) is 13.8 Å². The van der Waals surface area contributed by atoms with Crippen molar-refractivity contribution in [3.05, 3.63) is 35.1 Å². The molecule has 0 N–H and O–H groups in total. The van der Waals surface area contributed by atoms with Crippen molar-refractivity contribution in [3.8, 4) is 0 Å². The van der Waals surface area contributed by atoms with Gasteiger partial charge in [0.1, 0.15) is 5.58 Å². The van der Waals surface area contributed by atoms with E-state index in [1.165, 1.54) is 10.7 Å². The molecule has 0 atom stereocenters. The van der Waals surface area contributed by atoms with Crippen molar-refractivity contribution in [2.45, 2.75) is 58.4 Å². The maximum absolute atomic E-state index is 13.1. The first-order valence-electron chi connectivity index (χ1n) is 11.3. The SMILES string of the molecule is Cc1ccc2c(CC(=O)N3CCN(S(=O)(=O)N(C)C4CCCCC4)CC3)coc2c1C. The minimum Gasteiger partial charge on any atom is -0.464 e. The topological polar surface area (TPSA) is 74.1 Å². The molecule has 4 rings (SSSR count). The van der Waals surface area contributed by atoms with Crippen LogP contribution in [0.4, 0.5) is 0 Å². The Bertz CT molecular complexity index is 1050. The van der Waals surface area contributed by atoms with E-state index in [9.17, 15) is 13.2 Å². The van der Waals surface area contributed by atoms with E-state index < -0.39 is 10.2 Å². The highest BCUT2D eigenvalue weighted by Crippen LogP contribution is 2.28. The molecule has 2 fully saturated rings. The molecule has 0 spiro atoms. The van der Waals surface area contributed by atoms with Crippen LogP contribution in [0.15, 0.2) is 22.8 Å². The first kappa shape index (κ1) is 22.3. The molecule has 31 heavy (non-hydrogen) atoms. The average Bonchev–Trinajstić information content (AvgIpc) is 3.19. The summed E-state index contributed by atoms with van der Waals surface area (Å²) in [5.41, 5.74) is 3.98. The number of benzene rings is 1. The average molecular weight is 448 g/mol. The summed E-state index contributed by atoms with van der Waals surface area (Å²) in [5, 5.41) is 0.978. The van der Waals surface area contributed by atoms with Crippen molar-refractivity contribution in [1.82, 2.24) is 13.5 Å². The highest BCUT2D eigenvalue weighted by molar-refractivity contribution is 7.86. The van der Waals surface area contributed by atoms with Crippen LogP contribution < -0.4 is 0 Å². The highest BCUT2D eigenvalue weighted by atomic mass is 32.2. The van der Waals surface area contributed by atoms with Gasteiger partial charge in [-0.3, -0.25) is 4.79 Å². The molecular formula is C23H33N3O4S. The molecule has 7 nitrogen and oxygen atoms in total. The number of fused-ring (bicyclic) bond motifs is 1. The molecule has 170 valence electrons. The predicted octanol–water partition coefficient (Wildman–Crippen LogP) is 3.25. The fourth-order valence-corrected chi connectivity index (χ4v) is 6.36. The van der Waals surface area contributed by atoms with E-state index in [2.05, 4.69) is 0 Å². The Labute approximate surface area is 185 Å². The zero-order chi connectivity index (χ0) is 22.2. The number of rotatable bonds is 5. The summed E-state index contributed by atoms with van der Waals surface area (Å²) in [5.74, 6) is 0.0126. The molecule has 1 aliphatic carbocycles. The Morgan fingerprint density at radius 1 is 1.10 bits per heavy atom. The molecule has 2 aromatic rings. The summed E-state index contributed by atoms with van der Waals surface area (Å²) < 4.78 is 34.9. The third-order valence-electron chi connectivity index (χ3n) is 7.05. The number of piperazine rings is 1. The zero-order valence-corrected chi connectivity index (χ0v) is 19.6. The summed E-state index contributed by atoms with van der Waals surface area (Å²) in [6.45, 7) is 5.60. The number of hydrogen-bond acceptors (Lipinski definition) is 4. The van der Waals surface area contributed by atoms with Gasteiger partial charge in [-0.2, -0.15) is 17.0 Å². The molecule has 1 saturated carbocycles. The molecule has 1 aliphatic heterocycles. The van der Waals surface area contributed by atoms with Gasteiger partial charge in [0, 0.05) is 50.2 Å². The fourth-order valence-electron chi connectivity index (χ4n) is 4.78. The van der Waals surface area contributed by atoms with E-state index >= 15 is 0 Å². The van der Waals surface area contributed by atoms with Crippen LogP contribution in [0.25, 0.3) is 11.0 Å². The van der Waals surface area contributed by atoms with Gasteiger partial charge in [-0.05, 0) is 37.8 Å². The van der Waals surface area contributed by atoms with E-state index in [-0.39, 0.29) is 18.4 Å². The Morgan fingerprint density at radius 2 is 1.77 bits per heavy atom. The molecule has 1 aromatic carbocycles. The molecule has 1 aromatic heterocycles. The third-order valence-corrected chi connectivity index (χ3v) is 9.10. The number of aryl methyl sites for hydroxylation is 2. The first-order chi connectivity index (χ1) is 14.8. The van der Waals surface area contributed by atoms with Gasteiger partial charge >= 0.3 is 0 Å². The lowest BCUT2D eigenvalue weighted by molar-refractivity contribution is -0.131. The molecule has 1 saturated heterocycles. The number of carbonyl (C=O) groups excluding carboxylic acids is 1. The van der Waals surface area contributed by atoms with Gasteiger partial charge in [-0.15, -0.1) is 0 Å². The smallest absolute Gasteiger partial charge is 0.282 e. The van der Waals surface area contributed by atoms with Crippen LogP contribution in [-0.4, -0.2) is 67.1 Å². The molecule has 1 amide bonds. The lowest BCUT2D eigenvalue weighted by atomic mass is 9.96. The third kappa shape index (κ3) is 4.38. The highest BCUT2D eigenvalue weighted by Gasteiger charge is 2.35. The van der Waals surface area contributed by atoms with Crippen LogP contribution in [-0.2, 0) is 21.4 Å². The number of furan rings is 1. The molecule has 0 unspecified atom stereocenters. The Morgan fingerprint density at radius 3 is 2.45 bits per heavy atom. The summed E-state index contributed by atoms with van der Waals surface area (Å²) in [6, 6.07) is 4.16. The Hall–Kier alpha value is -1.90. The van der Waals surface area contributed by atoms with E-state index in [1.54, 1.807) is 22.5 Å². The van der Waals surface area contributed by atoms with Gasteiger partial charge in [0.2, 0.25) is 5.91 Å². The van der Waals surface area contributed by atoms with E-state index in [0.29, 0.717) is 26.2 Å².